The third-order valence-corrected chi connectivity index (χ3v) is 5.23. The van der Waals surface area contributed by atoms with E-state index in [1.54, 1.807) is 6.92 Å². The average Bonchev–Trinajstić information content (AvgIpc) is 2.99. The van der Waals surface area contributed by atoms with Gasteiger partial charge in [0.25, 0.3) is 0 Å². The van der Waals surface area contributed by atoms with Crippen LogP contribution in [0.2, 0.25) is 0 Å². The molecule has 0 saturated heterocycles. The summed E-state index contributed by atoms with van der Waals surface area (Å²) < 4.78 is 39.6. The van der Waals surface area contributed by atoms with Crippen LogP contribution in [-0.4, -0.2) is 27.9 Å². The van der Waals surface area contributed by atoms with Crippen LogP contribution in [0.4, 0.5) is 24.0 Å². The summed E-state index contributed by atoms with van der Waals surface area (Å²) in [6.45, 7) is 6.33. The van der Waals surface area contributed by atoms with Gasteiger partial charge in [0, 0.05) is 6.54 Å². The number of halogens is 3. The van der Waals surface area contributed by atoms with E-state index in [4.69, 9.17) is 0 Å². The summed E-state index contributed by atoms with van der Waals surface area (Å²) in [5.74, 6) is 0.234. The van der Waals surface area contributed by atoms with Crippen molar-refractivity contribution in [2.24, 2.45) is 5.92 Å². The highest BCUT2D eigenvalue weighted by atomic mass is 32.2. The number of alkyl halides is 3. The van der Waals surface area contributed by atoms with Crippen molar-refractivity contribution < 1.29 is 18.0 Å². The van der Waals surface area contributed by atoms with Crippen LogP contribution >= 0.6 is 23.1 Å². The minimum absolute atomic E-state index is 0.0876. The maximum Gasteiger partial charge on any atom is 0.418 e. The maximum absolute atomic E-state index is 13.0. The molecule has 5 nitrogen and oxygen atoms in total. The van der Waals surface area contributed by atoms with Gasteiger partial charge in [0.05, 0.1) is 16.5 Å². The highest BCUT2D eigenvalue weighted by Crippen LogP contribution is 2.37. The summed E-state index contributed by atoms with van der Waals surface area (Å²) in [5, 5.41) is 13.1. The van der Waals surface area contributed by atoms with E-state index in [-0.39, 0.29) is 22.0 Å². The molecule has 0 saturated carbocycles. The number of carbonyl (C=O) groups is 1. The summed E-state index contributed by atoms with van der Waals surface area (Å²) in [5.41, 5.74) is -0.860. The second kappa shape index (κ2) is 8.72. The fraction of sp³-hybridized carbons (Fsp3) is 0.438. The quantitative estimate of drug-likeness (QED) is 0.663. The smallest absolute Gasteiger partial charge is 0.355 e. The van der Waals surface area contributed by atoms with Crippen LogP contribution in [0.3, 0.4) is 0 Å². The van der Waals surface area contributed by atoms with Crippen molar-refractivity contribution in [3.05, 3.63) is 29.8 Å². The van der Waals surface area contributed by atoms with Gasteiger partial charge >= 0.3 is 6.18 Å². The number of carbonyl (C=O) groups excluding carboxylic acids is 1. The van der Waals surface area contributed by atoms with Crippen molar-refractivity contribution in [3.8, 4) is 0 Å². The molecule has 0 fully saturated rings. The van der Waals surface area contributed by atoms with Crippen LogP contribution in [-0.2, 0) is 11.0 Å². The molecule has 142 valence electrons. The first-order valence-electron chi connectivity index (χ1n) is 7.88. The second-order valence-corrected chi connectivity index (χ2v) is 8.51. The summed E-state index contributed by atoms with van der Waals surface area (Å²) in [6.07, 6.45) is -4.46. The molecule has 0 spiro atoms. The van der Waals surface area contributed by atoms with Crippen LogP contribution in [0.5, 0.6) is 0 Å². The molecule has 1 aromatic carbocycles. The molecule has 2 N–H and O–H groups in total. The minimum Gasteiger partial charge on any atom is -0.355 e. The molecule has 1 atom stereocenters. The van der Waals surface area contributed by atoms with Crippen molar-refractivity contribution in [3.63, 3.8) is 0 Å². The third kappa shape index (κ3) is 5.87. The van der Waals surface area contributed by atoms with E-state index in [0.29, 0.717) is 16.8 Å². The van der Waals surface area contributed by atoms with Gasteiger partial charge in [-0.15, -0.1) is 10.2 Å². The number of hydrogen-bond donors (Lipinski definition) is 2. The number of para-hydroxylation sites is 1. The number of rotatable bonds is 7. The van der Waals surface area contributed by atoms with Gasteiger partial charge in [-0.2, -0.15) is 13.2 Å². The molecule has 0 bridgehead atoms. The van der Waals surface area contributed by atoms with Crippen molar-refractivity contribution in [2.75, 3.05) is 11.9 Å². The van der Waals surface area contributed by atoms with Crippen molar-refractivity contribution in [1.82, 2.24) is 15.5 Å². The van der Waals surface area contributed by atoms with E-state index in [0.717, 1.165) is 17.4 Å². The molecular weight excluding hydrogens is 385 g/mol. The molecule has 1 heterocycles. The van der Waals surface area contributed by atoms with E-state index >= 15 is 0 Å². The Bertz CT molecular complexity index is 749. The molecule has 1 aromatic heterocycles. The third-order valence-electron chi connectivity index (χ3n) is 3.21. The van der Waals surface area contributed by atoms with E-state index < -0.39 is 11.7 Å². The summed E-state index contributed by atoms with van der Waals surface area (Å²) >= 11 is 2.31. The summed E-state index contributed by atoms with van der Waals surface area (Å²) in [4.78, 5) is 12.0. The molecule has 2 aromatic rings. The van der Waals surface area contributed by atoms with Gasteiger partial charge in [-0.1, -0.05) is 49.1 Å². The Morgan fingerprint density at radius 2 is 1.92 bits per heavy atom. The molecule has 0 radical (unpaired) electrons. The summed E-state index contributed by atoms with van der Waals surface area (Å²) in [6, 6.07) is 5.17. The lowest BCUT2D eigenvalue weighted by Gasteiger charge is -2.12. The largest absolute Gasteiger partial charge is 0.418 e. The number of benzene rings is 1. The monoisotopic (exact) mass is 404 g/mol. The topological polar surface area (TPSA) is 66.9 Å². The number of amides is 1. The van der Waals surface area contributed by atoms with E-state index in [2.05, 4.69) is 20.8 Å². The lowest BCUT2D eigenvalue weighted by atomic mass is 10.2. The average molecular weight is 404 g/mol. The standard InChI is InChI=1S/C16H19F3N4OS2/c1-9(2)8-20-13(24)10(3)25-15-23-22-14(26-15)21-12-7-5-4-6-11(12)16(17,18)19/h4-7,9-10H,8H2,1-3H3,(H,20,24)(H,21,22)/t10-/m1/s1. The van der Waals surface area contributed by atoms with Crippen LogP contribution in [0.15, 0.2) is 28.6 Å². The van der Waals surface area contributed by atoms with Gasteiger partial charge in [0.15, 0.2) is 4.34 Å². The van der Waals surface area contributed by atoms with Gasteiger partial charge < -0.3 is 10.6 Å². The lowest BCUT2D eigenvalue weighted by Crippen LogP contribution is -2.33. The Balaban J connectivity index is 2.02. The van der Waals surface area contributed by atoms with Crippen LogP contribution < -0.4 is 10.6 Å². The molecule has 1 amide bonds. The molecule has 26 heavy (non-hydrogen) atoms. The molecule has 2 rings (SSSR count). The zero-order chi connectivity index (χ0) is 19.3. The highest BCUT2D eigenvalue weighted by Gasteiger charge is 2.33. The number of nitrogens with one attached hydrogen (secondary N) is 2. The number of aromatic nitrogens is 2. The van der Waals surface area contributed by atoms with E-state index in [9.17, 15) is 18.0 Å². The zero-order valence-corrected chi connectivity index (χ0v) is 16.1. The zero-order valence-electron chi connectivity index (χ0n) is 14.4. The Kier molecular flexibility index (Phi) is 6.87. The lowest BCUT2D eigenvalue weighted by molar-refractivity contribution is -0.137. The number of hydrogen-bond acceptors (Lipinski definition) is 6. The van der Waals surface area contributed by atoms with Gasteiger partial charge in [-0.3, -0.25) is 4.79 Å². The first-order valence-corrected chi connectivity index (χ1v) is 9.57. The molecule has 0 aliphatic rings. The van der Waals surface area contributed by atoms with Gasteiger partial charge in [-0.25, -0.2) is 0 Å². The molecule has 0 aliphatic heterocycles. The van der Waals surface area contributed by atoms with Crippen LogP contribution in [0.1, 0.15) is 26.3 Å². The van der Waals surface area contributed by atoms with E-state index in [1.165, 1.54) is 30.0 Å². The number of nitrogens with zero attached hydrogens (tertiary/aromatic N) is 2. The Morgan fingerprint density at radius 1 is 1.23 bits per heavy atom. The van der Waals surface area contributed by atoms with Crippen molar-refractivity contribution in [2.45, 2.75) is 36.5 Å². The SMILES string of the molecule is CC(C)CNC(=O)[C@@H](C)Sc1nnc(Nc2ccccc2C(F)(F)F)s1. The Hall–Kier alpha value is -1.81. The summed E-state index contributed by atoms with van der Waals surface area (Å²) in [7, 11) is 0. The maximum atomic E-state index is 13.0. The molecule has 10 heteroatoms. The fourth-order valence-electron chi connectivity index (χ4n) is 1.92. The number of anilines is 2. The Labute approximate surface area is 157 Å². The number of thioether (sulfide) groups is 1. The van der Waals surface area contributed by atoms with Gasteiger partial charge in [0.2, 0.25) is 11.0 Å². The Morgan fingerprint density at radius 3 is 2.58 bits per heavy atom. The first-order chi connectivity index (χ1) is 12.2. The van der Waals surface area contributed by atoms with E-state index in [1.807, 2.05) is 13.8 Å². The van der Waals surface area contributed by atoms with Crippen LogP contribution in [0, 0.1) is 5.92 Å². The minimum atomic E-state index is -4.46. The molecule has 0 aliphatic carbocycles. The second-order valence-electron chi connectivity index (χ2n) is 5.94. The highest BCUT2D eigenvalue weighted by molar-refractivity contribution is 8.02. The van der Waals surface area contributed by atoms with Gasteiger partial charge in [0.1, 0.15) is 0 Å². The predicted octanol–water partition coefficient (Wildman–Crippen LogP) is 4.55. The molecule has 0 unspecified atom stereocenters. The van der Waals surface area contributed by atoms with Gasteiger partial charge in [-0.05, 0) is 25.0 Å². The van der Waals surface area contributed by atoms with Crippen LogP contribution in [0.25, 0.3) is 0 Å². The van der Waals surface area contributed by atoms with Crippen molar-refractivity contribution >= 4 is 39.8 Å². The first kappa shape index (κ1) is 20.5. The predicted molar refractivity (Wildman–Crippen MR) is 97.8 cm³/mol. The van der Waals surface area contributed by atoms with Crippen molar-refractivity contribution in [1.29, 1.82) is 0 Å². The molecular formula is C16H19F3N4OS2. The normalized spacial score (nSPS) is 12.9. The fourth-order valence-corrected chi connectivity index (χ4v) is 3.85.